The Labute approximate surface area is 196 Å². The lowest BCUT2D eigenvalue weighted by molar-refractivity contribution is -0.145. The summed E-state index contributed by atoms with van der Waals surface area (Å²) in [5, 5.41) is 0. The van der Waals surface area contributed by atoms with Gasteiger partial charge in [0.05, 0.1) is 45.4 Å². The lowest BCUT2D eigenvalue weighted by Crippen LogP contribution is -2.33. The minimum Gasteiger partial charge on any atom is -0.465 e. The Morgan fingerprint density at radius 1 is 0.806 bits per heavy atom. The topological polar surface area (TPSA) is 101 Å². The third kappa shape index (κ3) is 14.2. The predicted octanol–water partition coefficient (Wildman–Crippen LogP) is 4.93. The molecule has 9 nitrogen and oxygen atoms in total. The van der Waals surface area contributed by atoms with Gasteiger partial charge in [0.15, 0.2) is 0 Å². The summed E-state index contributed by atoms with van der Waals surface area (Å²) in [5.41, 5.74) is 0. The monoisotopic (exact) mass is 551 g/mol. The van der Waals surface area contributed by atoms with Crippen molar-refractivity contribution in [3.8, 4) is 0 Å². The lowest BCUT2D eigenvalue weighted by Gasteiger charge is -2.26. The van der Waals surface area contributed by atoms with E-state index in [0.717, 1.165) is 0 Å². The summed E-state index contributed by atoms with van der Waals surface area (Å²) in [5.74, 6) is -0.339. The maximum Gasteiger partial charge on any atom is 0.331 e. The van der Waals surface area contributed by atoms with Crippen LogP contribution in [0.3, 0.4) is 0 Å². The number of ether oxygens (including phenoxy) is 1. The van der Waals surface area contributed by atoms with Crippen LogP contribution in [0.5, 0.6) is 0 Å². The fourth-order valence-corrected chi connectivity index (χ4v) is 6.02. The quantitative estimate of drug-likeness (QED) is 0.0956. The Morgan fingerprint density at radius 2 is 1.19 bits per heavy atom. The van der Waals surface area contributed by atoms with Gasteiger partial charge in [-0.15, -0.1) is 0 Å². The van der Waals surface area contributed by atoms with Gasteiger partial charge in [0, 0.05) is 19.6 Å². The van der Waals surface area contributed by atoms with E-state index in [0.29, 0.717) is 52.5 Å². The zero-order chi connectivity index (χ0) is 24.0. The molecule has 0 aliphatic carbocycles. The smallest absolute Gasteiger partial charge is 0.331 e. The molecule has 0 aromatic rings. The Hall–Kier alpha value is 0.210. The van der Waals surface area contributed by atoms with Crippen molar-refractivity contribution >= 4 is 37.1 Å². The summed E-state index contributed by atoms with van der Waals surface area (Å²) < 4.78 is 51.6. The van der Waals surface area contributed by atoms with Gasteiger partial charge in [-0.2, -0.15) is 0 Å². The van der Waals surface area contributed by atoms with E-state index in [1.54, 1.807) is 41.5 Å². The lowest BCUT2D eigenvalue weighted by atomic mass is 10.2. The van der Waals surface area contributed by atoms with Crippen LogP contribution in [0.4, 0.5) is 0 Å². The molecule has 0 fully saturated rings. The molecule has 0 heterocycles. The molecule has 0 saturated carbocycles. The molecule has 0 spiro atoms. The van der Waals surface area contributed by atoms with E-state index in [2.05, 4.69) is 15.9 Å². The van der Waals surface area contributed by atoms with E-state index in [-0.39, 0.29) is 24.9 Å². The van der Waals surface area contributed by atoms with Crippen LogP contribution in [0.15, 0.2) is 0 Å². The third-order valence-corrected chi connectivity index (χ3v) is 8.45. The maximum absolute atomic E-state index is 12.8. The van der Waals surface area contributed by atoms with Gasteiger partial charge < -0.3 is 27.7 Å². The molecule has 0 unspecified atom stereocenters. The van der Waals surface area contributed by atoms with Crippen molar-refractivity contribution in [2.45, 2.75) is 52.3 Å². The summed E-state index contributed by atoms with van der Waals surface area (Å²) in [4.78, 5) is 13.9. The van der Waals surface area contributed by atoms with Crippen molar-refractivity contribution in [1.29, 1.82) is 0 Å². The highest BCUT2D eigenvalue weighted by atomic mass is 79.9. The first-order valence-electron chi connectivity index (χ1n) is 10.8. The van der Waals surface area contributed by atoms with E-state index in [1.165, 1.54) is 0 Å². The largest absolute Gasteiger partial charge is 0.465 e. The van der Waals surface area contributed by atoms with Crippen molar-refractivity contribution in [1.82, 2.24) is 4.90 Å². The van der Waals surface area contributed by atoms with Crippen LogP contribution in [0.25, 0.3) is 0 Å². The summed E-state index contributed by atoms with van der Waals surface area (Å²) >= 11 is 3.27. The van der Waals surface area contributed by atoms with Crippen molar-refractivity contribution in [2.75, 3.05) is 65.0 Å². The van der Waals surface area contributed by atoms with Crippen LogP contribution in [0.1, 0.15) is 48.0 Å². The Bertz CT molecular complexity index is 546. The molecule has 0 N–H and O–H groups in total. The van der Waals surface area contributed by atoms with E-state index in [4.69, 9.17) is 22.8 Å². The standard InChI is InChI=1S/C19H40BrNO8P2/c1-7-26-30(23,27-8-2)16-13-21(12-11-15-25-18(22)19(5,6)20)14-17-31(24,28-9-3)29-10-4/h7-17H2,1-6H3. The molecule has 0 rings (SSSR count). The first-order valence-corrected chi connectivity index (χ1v) is 15.0. The number of hydrogen-bond acceptors (Lipinski definition) is 9. The normalized spacial score (nSPS) is 13.0. The second-order valence-electron chi connectivity index (χ2n) is 7.14. The second kappa shape index (κ2) is 15.9. The highest BCUT2D eigenvalue weighted by Gasteiger charge is 2.28. The first kappa shape index (κ1) is 31.2. The molecule has 0 aliphatic heterocycles. The van der Waals surface area contributed by atoms with Crippen LogP contribution in [0.2, 0.25) is 0 Å². The summed E-state index contributed by atoms with van der Waals surface area (Å²) in [6.07, 6.45) is 0.975. The number of carbonyl (C=O) groups excluding carboxylic acids is 1. The average molecular weight is 552 g/mol. The van der Waals surface area contributed by atoms with E-state index in [1.807, 2.05) is 4.90 Å². The Morgan fingerprint density at radius 3 is 1.52 bits per heavy atom. The fourth-order valence-electron chi connectivity index (χ4n) is 2.61. The highest BCUT2D eigenvalue weighted by Crippen LogP contribution is 2.49. The summed E-state index contributed by atoms with van der Waals surface area (Å²) in [6, 6.07) is 0. The zero-order valence-electron chi connectivity index (χ0n) is 19.8. The number of nitrogens with zero attached hydrogens (tertiary/aromatic N) is 1. The predicted molar refractivity (Wildman–Crippen MR) is 126 cm³/mol. The van der Waals surface area contributed by atoms with Gasteiger partial charge in [0.1, 0.15) is 4.32 Å². The van der Waals surface area contributed by atoms with E-state index >= 15 is 0 Å². The Kier molecular flexibility index (Phi) is 16.1. The molecule has 31 heavy (non-hydrogen) atoms. The van der Waals surface area contributed by atoms with Crippen LogP contribution in [-0.4, -0.2) is 80.2 Å². The van der Waals surface area contributed by atoms with Gasteiger partial charge in [-0.3, -0.25) is 13.9 Å². The molecule has 0 aromatic carbocycles. The molecular formula is C19H40BrNO8P2. The first-order chi connectivity index (χ1) is 14.4. The molecule has 0 saturated heterocycles. The molecule has 0 atom stereocenters. The maximum atomic E-state index is 12.8. The van der Waals surface area contributed by atoms with Crippen molar-refractivity contribution < 1.29 is 36.8 Å². The minimum atomic E-state index is -3.20. The molecule has 12 heteroatoms. The van der Waals surface area contributed by atoms with Gasteiger partial charge in [-0.25, -0.2) is 0 Å². The minimum absolute atomic E-state index is 0.205. The molecule has 0 bridgehead atoms. The molecule has 0 aliphatic rings. The second-order valence-corrected chi connectivity index (χ2v) is 13.5. The summed E-state index contributed by atoms with van der Waals surface area (Å²) in [7, 11) is -6.41. The molecular weight excluding hydrogens is 512 g/mol. The number of hydrogen-bond donors (Lipinski definition) is 0. The molecule has 0 radical (unpaired) electrons. The van der Waals surface area contributed by atoms with Crippen molar-refractivity contribution in [3.63, 3.8) is 0 Å². The van der Waals surface area contributed by atoms with Crippen LogP contribution in [0, 0.1) is 0 Å². The van der Waals surface area contributed by atoms with Gasteiger partial charge in [0.2, 0.25) is 0 Å². The van der Waals surface area contributed by atoms with E-state index in [9.17, 15) is 13.9 Å². The third-order valence-electron chi connectivity index (χ3n) is 4.02. The fraction of sp³-hybridized carbons (Fsp3) is 0.947. The zero-order valence-corrected chi connectivity index (χ0v) is 23.1. The molecule has 0 aromatic heterocycles. The van der Waals surface area contributed by atoms with Crippen LogP contribution >= 0.6 is 31.1 Å². The van der Waals surface area contributed by atoms with Crippen LogP contribution in [-0.2, 0) is 36.8 Å². The van der Waals surface area contributed by atoms with Crippen molar-refractivity contribution in [3.05, 3.63) is 0 Å². The SMILES string of the molecule is CCOP(=O)(CCN(CCCOC(=O)C(C)(C)Br)CCP(=O)(OCC)OCC)OCC. The molecule has 0 amide bonds. The number of rotatable bonds is 19. The Balaban J connectivity index is 5.00. The van der Waals surface area contributed by atoms with Gasteiger partial charge in [0.25, 0.3) is 0 Å². The summed E-state index contributed by atoms with van der Waals surface area (Å²) in [6.45, 7) is 13.3. The van der Waals surface area contributed by atoms with Crippen molar-refractivity contribution in [2.24, 2.45) is 0 Å². The van der Waals surface area contributed by atoms with E-state index < -0.39 is 19.5 Å². The number of esters is 1. The van der Waals surface area contributed by atoms with Gasteiger partial charge >= 0.3 is 21.2 Å². The number of carbonyl (C=O) groups is 1. The van der Waals surface area contributed by atoms with Gasteiger partial charge in [-0.1, -0.05) is 15.9 Å². The van der Waals surface area contributed by atoms with Gasteiger partial charge in [-0.05, 0) is 48.0 Å². The highest BCUT2D eigenvalue weighted by molar-refractivity contribution is 9.10. The number of alkyl halides is 1. The average Bonchev–Trinajstić information content (AvgIpc) is 2.66. The molecule has 186 valence electrons. The van der Waals surface area contributed by atoms with Crippen LogP contribution < -0.4 is 0 Å². The number of halogens is 1.